The van der Waals surface area contributed by atoms with E-state index in [1.54, 1.807) is 5.01 Å². The second-order valence-corrected chi connectivity index (χ2v) is 7.40. The molecule has 2 aromatic carbocycles. The van der Waals surface area contributed by atoms with Crippen LogP contribution in [-0.4, -0.2) is 61.6 Å². The predicted octanol–water partition coefficient (Wildman–Crippen LogP) is 3.05. The summed E-state index contributed by atoms with van der Waals surface area (Å²) in [5, 5.41) is 18.8. The first-order valence-corrected chi connectivity index (χ1v) is 10.2. The number of anilines is 2. The Morgan fingerprint density at radius 2 is 1.80 bits per heavy atom. The second kappa shape index (κ2) is 9.13. The van der Waals surface area contributed by atoms with Crippen LogP contribution in [0.3, 0.4) is 0 Å². The van der Waals surface area contributed by atoms with E-state index in [1.807, 2.05) is 24.3 Å². The van der Waals surface area contributed by atoms with E-state index in [-0.39, 0.29) is 11.1 Å². The maximum Gasteiger partial charge on any atom is 0.255 e. The van der Waals surface area contributed by atoms with Gasteiger partial charge in [0.05, 0.1) is 32.5 Å². The zero-order valence-corrected chi connectivity index (χ0v) is 16.7. The van der Waals surface area contributed by atoms with Gasteiger partial charge in [-0.2, -0.15) is 5.10 Å². The van der Waals surface area contributed by atoms with Crippen molar-refractivity contribution in [2.45, 2.75) is 12.8 Å². The summed E-state index contributed by atoms with van der Waals surface area (Å²) in [7, 11) is 0. The van der Waals surface area contributed by atoms with Gasteiger partial charge < -0.3 is 20.1 Å². The van der Waals surface area contributed by atoms with Gasteiger partial charge in [0.25, 0.3) is 5.91 Å². The average Bonchev–Trinajstić information content (AvgIpc) is 3.31. The van der Waals surface area contributed by atoms with Gasteiger partial charge in [-0.15, -0.1) is 0 Å². The predicted molar refractivity (Wildman–Crippen MR) is 114 cm³/mol. The molecule has 0 aromatic heterocycles. The highest BCUT2D eigenvalue weighted by molar-refractivity contribution is 6.05. The number of nitrogens with zero attached hydrogens (tertiary/aromatic N) is 3. The number of aromatic hydroxyl groups is 1. The zero-order valence-electron chi connectivity index (χ0n) is 16.7. The molecule has 30 heavy (non-hydrogen) atoms. The van der Waals surface area contributed by atoms with Gasteiger partial charge in [-0.25, -0.2) is 4.39 Å². The normalized spacial score (nSPS) is 17.0. The number of halogens is 1. The molecule has 4 rings (SSSR count). The quantitative estimate of drug-likeness (QED) is 0.738. The number of carbonyl (C=O) groups is 1. The molecule has 2 fully saturated rings. The van der Waals surface area contributed by atoms with E-state index in [9.17, 15) is 14.3 Å². The lowest BCUT2D eigenvalue weighted by Gasteiger charge is -2.23. The molecule has 2 aromatic rings. The highest BCUT2D eigenvalue weighted by atomic mass is 19.1. The molecule has 2 N–H and O–H groups in total. The van der Waals surface area contributed by atoms with Crippen molar-refractivity contribution in [1.29, 1.82) is 0 Å². The van der Waals surface area contributed by atoms with E-state index < -0.39 is 17.5 Å². The molecule has 2 heterocycles. The molecule has 8 heteroatoms. The minimum absolute atomic E-state index is 0.109. The molecule has 0 atom stereocenters. The summed E-state index contributed by atoms with van der Waals surface area (Å²) in [5.74, 6) is -1.85. The topological polar surface area (TPSA) is 77.4 Å². The Morgan fingerprint density at radius 1 is 1.10 bits per heavy atom. The van der Waals surface area contributed by atoms with Crippen molar-refractivity contribution in [2.75, 3.05) is 49.6 Å². The van der Waals surface area contributed by atoms with Gasteiger partial charge in [-0.05, 0) is 49.2 Å². The Hall–Kier alpha value is -3.13. The first kappa shape index (κ1) is 20.2. The van der Waals surface area contributed by atoms with Gasteiger partial charge >= 0.3 is 0 Å². The number of morpholine rings is 1. The van der Waals surface area contributed by atoms with Crippen molar-refractivity contribution < 1.29 is 19.0 Å². The van der Waals surface area contributed by atoms with Gasteiger partial charge in [-0.3, -0.25) is 9.80 Å². The molecule has 158 valence electrons. The fourth-order valence-corrected chi connectivity index (χ4v) is 3.60. The molecule has 0 bridgehead atoms. The number of hydrazone groups is 1. The smallest absolute Gasteiger partial charge is 0.255 e. The standard InChI is InChI=1S/C22H25FN4O3/c23-20-14-16(13-17(21(20)28)15-24-27-9-11-30-12-10-27)22(29)25-18-3-5-19(6-4-18)26-7-1-2-8-26/h3-6,13-15,28H,1-2,7-12H2,(H,25,29)/b24-15+. The van der Waals surface area contributed by atoms with Crippen LogP contribution >= 0.6 is 0 Å². The molecular formula is C22H25FN4O3. The zero-order chi connectivity index (χ0) is 20.9. The summed E-state index contributed by atoms with van der Waals surface area (Å²) in [6.07, 6.45) is 3.76. The highest BCUT2D eigenvalue weighted by Gasteiger charge is 2.16. The van der Waals surface area contributed by atoms with Crippen LogP contribution in [0, 0.1) is 5.82 Å². The van der Waals surface area contributed by atoms with E-state index in [0.717, 1.165) is 24.8 Å². The minimum Gasteiger partial charge on any atom is -0.504 e. The van der Waals surface area contributed by atoms with E-state index >= 15 is 0 Å². The summed E-state index contributed by atoms with van der Waals surface area (Å²) >= 11 is 0. The van der Waals surface area contributed by atoms with Crippen LogP contribution < -0.4 is 10.2 Å². The number of hydrogen-bond donors (Lipinski definition) is 2. The summed E-state index contributed by atoms with van der Waals surface area (Å²) < 4.78 is 19.5. The van der Waals surface area contributed by atoms with Crippen molar-refractivity contribution in [3.63, 3.8) is 0 Å². The van der Waals surface area contributed by atoms with E-state index in [1.165, 1.54) is 25.1 Å². The molecule has 0 radical (unpaired) electrons. The van der Waals surface area contributed by atoms with Crippen LogP contribution in [0.2, 0.25) is 0 Å². The molecule has 0 spiro atoms. The average molecular weight is 412 g/mol. The Labute approximate surface area is 174 Å². The largest absolute Gasteiger partial charge is 0.504 e. The number of amides is 1. The van der Waals surface area contributed by atoms with Crippen molar-refractivity contribution in [2.24, 2.45) is 5.10 Å². The van der Waals surface area contributed by atoms with Crippen LogP contribution in [0.5, 0.6) is 5.75 Å². The summed E-state index contributed by atoms with van der Waals surface area (Å²) in [6.45, 7) is 4.47. The molecule has 2 aliphatic rings. The van der Waals surface area contributed by atoms with Crippen molar-refractivity contribution >= 4 is 23.5 Å². The Morgan fingerprint density at radius 3 is 2.50 bits per heavy atom. The van der Waals surface area contributed by atoms with E-state index in [0.29, 0.717) is 32.0 Å². The second-order valence-electron chi connectivity index (χ2n) is 7.40. The minimum atomic E-state index is -0.865. The number of phenols is 1. The Kier molecular flexibility index (Phi) is 6.13. The third-order valence-electron chi connectivity index (χ3n) is 5.30. The summed E-state index contributed by atoms with van der Waals surface area (Å²) in [4.78, 5) is 14.9. The fourth-order valence-electron chi connectivity index (χ4n) is 3.60. The van der Waals surface area contributed by atoms with E-state index in [4.69, 9.17) is 4.74 Å². The highest BCUT2D eigenvalue weighted by Crippen LogP contribution is 2.24. The van der Waals surface area contributed by atoms with Crippen LogP contribution in [0.4, 0.5) is 15.8 Å². The molecule has 2 aliphatic heterocycles. The number of carbonyl (C=O) groups excluding carboxylic acids is 1. The van der Waals surface area contributed by atoms with Crippen LogP contribution in [0.25, 0.3) is 0 Å². The lowest BCUT2D eigenvalue weighted by molar-refractivity contribution is 0.0397. The van der Waals surface area contributed by atoms with Crippen molar-refractivity contribution in [1.82, 2.24) is 5.01 Å². The number of phenolic OH excluding ortho intramolecular Hbond substituents is 1. The van der Waals surface area contributed by atoms with Gasteiger partial charge in [0.1, 0.15) is 0 Å². The first-order chi connectivity index (χ1) is 14.6. The van der Waals surface area contributed by atoms with E-state index in [2.05, 4.69) is 15.3 Å². The molecule has 0 unspecified atom stereocenters. The maximum atomic E-state index is 14.2. The third kappa shape index (κ3) is 4.71. The molecule has 2 saturated heterocycles. The monoisotopic (exact) mass is 412 g/mol. The number of rotatable bonds is 5. The number of ether oxygens (including phenoxy) is 1. The Balaban J connectivity index is 1.46. The number of hydrogen-bond acceptors (Lipinski definition) is 6. The Bertz CT molecular complexity index is 921. The molecule has 1 amide bonds. The van der Waals surface area contributed by atoms with Crippen molar-refractivity contribution in [3.05, 3.63) is 53.3 Å². The summed E-state index contributed by atoms with van der Waals surface area (Å²) in [5.41, 5.74) is 2.01. The molecule has 0 saturated carbocycles. The SMILES string of the molecule is O=C(Nc1ccc(N2CCCC2)cc1)c1cc(F)c(O)c(/C=N/N2CCOCC2)c1. The summed E-state index contributed by atoms with van der Waals surface area (Å²) in [6, 6.07) is 10.1. The van der Waals surface area contributed by atoms with Crippen LogP contribution in [0.1, 0.15) is 28.8 Å². The van der Waals surface area contributed by atoms with Crippen LogP contribution in [-0.2, 0) is 4.74 Å². The van der Waals surface area contributed by atoms with Gasteiger partial charge in [0, 0.05) is 35.6 Å². The third-order valence-corrected chi connectivity index (χ3v) is 5.30. The molecule has 7 nitrogen and oxygen atoms in total. The first-order valence-electron chi connectivity index (χ1n) is 10.2. The number of nitrogens with one attached hydrogen (secondary N) is 1. The van der Waals surface area contributed by atoms with Gasteiger partial charge in [-0.1, -0.05) is 0 Å². The van der Waals surface area contributed by atoms with Gasteiger partial charge in [0.15, 0.2) is 11.6 Å². The lowest BCUT2D eigenvalue weighted by atomic mass is 10.1. The number of benzene rings is 2. The van der Waals surface area contributed by atoms with Crippen molar-refractivity contribution in [3.8, 4) is 5.75 Å². The van der Waals surface area contributed by atoms with Gasteiger partial charge in [0.2, 0.25) is 0 Å². The molecule has 0 aliphatic carbocycles. The molecular weight excluding hydrogens is 387 g/mol. The fraction of sp³-hybridized carbons (Fsp3) is 0.364. The maximum absolute atomic E-state index is 14.2. The van der Waals surface area contributed by atoms with Crippen LogP contribution in [0.15, 0.2) is 41.5 Å². The lowest BCUT2D eigenvalue weighted by Crippen LogP contribution is -2.32.